The summed E-state index contributed by atoms with van der Waals surface area (Å²) in [5.74, 6) is -9.50. The Morgan fingerprint density at radius 2 is 1.37 bits per heavy atom. The normalized spacial score (nSPS) is 11.5. The Labute approximate surface area is 172 Å². The summed E-state index contributed by atoms with van der Waals surface area (Å²) in [6.45, 7) is 0. The number of ether oxygens (including phenoxy) is 2. The van der Waals surface area contributed by atoms with Gasteiger partial charge >= 0.3 is 30.3 Å². The summed E-state index contributed by atoms with van der Waals surface area (Å²) in [6.07, 6.45) is -11.1. The maximum atomic E-state index is 12.5. The number of esters is 2. The van der Waals surface area contributed by atoms with E-state index in [1.54, 1.807) is 0 Å². The highest BCUT2D eigenvalue weighted by Crippen LogP contribution is 2.47. The van der Waals surface area contributed by atoms with E-state index in [0.717, 1.165) is 7.05 Å². The van der Waals surface area contributed by atoms with Crippen molar-refractivity contribution in [2.45, 2.75) is 12.4 Å². The summed E-state index contributed by atoms with van der Waals surface area (Å²) in [6, 6.07) is -1.11. The molecule has 166 valence electrons. The zero-order valence-corrected chi connectivity index (χ0v) is 15.7. The van der Waals surface area contributed by atoms with Gasteiger partial charge in [0.15, 0.2) is 11.5 Å². The average Bonchev–Trinajstić information content (AvgIpc) is 2.59. The molecule has 0 spiro atoms. The van der Waals surface area contributed by atoms with Crippen LogP contribution in [0.25, 0.3) is 0 Å². The van der Waals surface area contributed by atoms with Gasteiger partial charge in [0.05, 0.1) is 5.69 Å². The third-order valence-electron chi connectivity index (χ3n) is 2.86. The Hall–Kier alpha value is -2.94. The third kappa shape index (κ3) is 5.56. The van der Waals surface area contributed by atoms with Crippen LogP contribution < -0.4 is 25.4 Å². The van der Waals surface area contributed by atoms with E-state index in [-0.39, 0.29) is 11.0 Å². The van der Waals surface area contributed by atoms with E-state index < -0.39 is 63.5 Å². The number of amides is 2. The molecule has 17 heteroatoms. The molecule has 0 bridgehead atoms. The van der Waals surface area contributed by atoms with Gasteiger partial charge in [-0.1, -0.05) is 23.2 Å². The second-order valence-corrected chi connectivity index (χ2v) is 5.66. The molecule has 30 heavy (non-hydrogen) atoms. The molecule has 0 aliphatic carbocycles. The molecule has 0 saturated heterocycles. The molecule has 0 unspecified atom stereocenters. The quantitative estimate of drug-likeness (QED) is 0.198. The fourth-order valence-electron chi connectivity index (χ4n) is 1.68. The van der Waals surface area contributed by atoms with Crippen LogP contribution in [0.15, 0.2) is 6.07 Å². The van der Waals surface area contributed by atoms with Crippen LogP contribution in [-0.2, 0) is 9.59 Å². The first-order chi connectivity index (χ1) is 13.5. The van der Waals surface area contributed by atoms with E-state index in [1.807, 2.05) is 5.32 Å². The van der Waals surface area contributed by atoms with Crippen LogP contribution in [0.5, 0.6) is 11.5 Å². The number of urea groups is 1. The van der Waals surface area contributed by atoms with E-state index in [1.165, 1.54) is 0 Å². The molecule has 2 amide bonds. The largest absolute Gasteiger partial charge is 0.491 e. The van der Waals surface area contributed by atoms with Crippen LogP contribution in [0.3, 0.4) is 0 Å². The standard InChI is InChI=1S/C13H8Cl2F6N4O5/c1-24-11(28)25(10(22)23)7-5(14)3(29-8(26)12(16,17)18)2-4(6(7)15)30-9(27)13(19,20)21/h2H,1H3,(H3,22,23)(H,24,28). The lowest BCUT2D eigenvalue weighted by atomic mass is 10.2. The van der Waals surface area contributed by atoms with Crippen LogP contribution in [0.1, 0.15) is 0 Å². The van der Waals surface area contributed by atoms with Gasteiger partial charge in [-0.3, -0.25) is 5.41 Å². The fraction of sp³-hybridized carbons (Fsp3) is 0.231. The monoisotopic (exact) mass is 484 g/mol. The maximum Gasteiger partial charge on any atom is 0.491 e. The molecular weight excluding hydrogens is 477 g/mol. The minimum atomic E-state index is -5.56. The molecule has 9 nitrogen and oxygen atoms in total. The molecule has 0 aliphatic rings. The van der Waals surface area contributed by atoms with Crippen LogP contribution in [0, 0.1) is 5.41 Å². The molecule has 0 fully saturated rings. The minimum Gasteiger partial charge on any atom is -0.418 e. The Balaban J connectivity index is 3.77. The molecule has 1 aromatic rings. The second kappa shape index (κ2) is 8.83. The summed E-state index contributed by atoms with van der Waals surface area (Å²) in [5, 5.41) is 7.23. The van der Waals surface area contributed by atoms with Crippen molar-refractivity contribution in [3.8, 4) is 11.5 Å². The number of rotatable bonds is 3. The molecule has 1 aromatic carbocycles. The number of benzene rings is 1. The maximum absolute atomic E-state index is 12.5. The molecule has 4 N–H and O–H groups in total. The van der Waals surface area contributed by atoms with Gasteiger partial charge in [0.1, 0.15) is 10.0 Å². The van der Waals surface area contributed by atoms with Crippen molar-refractivity contribution < 1.29 is 50.2 Å². The highest BCUT2D eigenvalue weighted by molar-refractivity contribution is 6.43. The predicted octanol–water partition coefficient (Wildman–Crippen LogP) is 2.97. The third-order valence-corrected chi connectivity index (χ3v) is 3.59. The smallest absolute Gasteiger partial charge is 0.418 e. The molecule has 0 saturated carbocycles. The first-order valence-corrected chi connectivity index (χ1v) is 7.73. The number of carbonyl (C=O) groups is 3. The molecule has 0 radical (unpaired) electrons. The number of carbonyl (C=O) groups excluding carboxylic acids is 3. The van der Waals surface area contributed by atoms with Crippen LogP contribution in [0.4, 0.5) is 36.8 Å². The lowest BCUT2D eigenvalue weighted by Crippen LogP contribution is -2.46. The fourth-order valence-corrected chi connectivity index (χ4v) is 2.27. The number of nitrogens with one attached hydrogen (secondary N) is 2. The highest BCUT2D eigenvalue weighted by Gasteiger charge is 2.44. The molecule has 0 atom stereocenters. The zero-order chi connectivity index (χ0) is 23.6. The van der Waals surface area contributed by atoms with Crippen molar-refractivity contribution in [2.75, 3.05) is 11.9 Å². The van der Waals surface area contributed by atoms with Gasteiger partial charge in [0.25, 0.3) is 0 Å². The summed E-state index contributed by atoms with van der Waals surface area (Å²) in [4.78, 5) is 34.2. The van der Waals surface area contributed by atoms with Crippen LogP contribution >= 0.6 is 23.2 Å². The van der Waals surface area contributed by atoms with Gasteiger partial charge < -0.3 is 20.5 Å². The summed E-state index contributed by atoms with van der Waals surface area (Å²) < 4.78 is 82.8. The number of guanidine groups is 1. The van der Waals surface area contributed by atoms with E-state index in [4.69, 9.17) is 34.3 Å². The molecule has 0 aromatic heterocycles. The van der Waals surface area contributed by atoms with Gasteiger partial charge in [-0.05, 0) is 0 Å². The van der Waals surface area contributed by atoms with Crippen molar-refractivity contribution in [3.05, 3.63) is 16.1 Å². The summed E-state index contributed by atoms with van der Waals surface area (Å²) in [5.41, 5.74) is 4.17. The lowest BCUT2D eigenvalue weighted by molar-refractivity contribution is -0.190. The van der Waals surface area contributed by atoms with E-state index in [0.29, 0.717) is 0 Å². The molecule has 0 aliphatic heterocycles. The van der Waals surface area contributed by atoms with Gasteiger partial charge in [0, 0.05) is 13.1 Å². The Kier molecular flexibility index (Phi) is 7.38. The minimum absolute atomic E-state index is 0.0977. The van der Waals surface area contributed by atoms with E-state index in [9.17, 15) is 40.7 Å². The van der Waals surface area contributed by atoms with Crippen molar-refractivity contribution in [3.63, 3.8) is 0 Å². The lowest BCUT2D eigenvalue weighted by Gasteiger charge is -2.24. The zero-order valence-electron chi connectivity index (χ0n) is 14.2. The van der Waals surface area contributed by atoms with Crippen LogP contribution in [-0.4, -0.2) is 43.3 Å². The first kappa shape index (κ1) is 25.1. The van der Waals surface area contributed by atoms with E-state index in [2.05, 4.69) is 9.47 Å². The number of halogens is 8. The Morgan fingerprint density at radius 1 is 1.00 bits per heavy atom. The number of nitrogens with two attached hydrogens (primary N) is 1. The SMILES string of the molecule is CNC(=O)N(C(=N)N)c1c(Cl)c(OC(=O)C(F)(F)F)cc(OC(=O)C(F)(F)F)c1Cl. The number of alkyl halides is 6. The van der Waals surface area contributed by atoms with Crippen molar-refractivity contribution in [1.29, 1.82) is 5.41 Å². The van der Waals surface area contributed by atoms with Gasteiger partial charge in [0.2, 0.25) is 5.96 Å². The Morgan fingerprint density at radius 3 is 1.63 bits per heavy atom. The van der Waals surface area contributed by atoms with Crippen LogP contribution in [0.2, 0.25) is 10.0 Å². The predicted molar refractivity (Wildman–Crippen MR) is 88.7 cm³/mol. The van der Waals surface area contributed by atoms with Gasteiger partial charge in [-0.15, -0.1) is 0 Å². The molecule has 1 rings (SSSR count). The Bertz CT molecular complexity index is 853. The summed E-state index contributed by atoms with van der Waals surface area (Å²) >= 11 is 11.6. The molecule has 0 heterocycles. The average molecular weight is 485 g/mol. The molecular formula is C13H8Cl2F6N4O5. The van der Waals surface area contributed by atoms with Crippen molar-refractivity contribution in [2.24, 2.45) is 5.73 Å². The van der Waals surface area contributed by atoms with Crippen molar-refractivity contribution in [1.82, 2.24) is 5.32 Å². The summed E-state index contributed by atoms with van der Waals surface area (Å²) in [7, 11) is 1.01. The number of hydrogen-bond acceptors (Lipinski definition) is 6. The second-order valence-electron chi connectivity index (χ2n) is 4.90. The van der Waals surface area contributed by atoms with Crippen molar-refractivity contribution >= 4 is 52.8 Å². The first-order valence-electron chi connectivity index (χ1n) is 6.98. The topological polar surface area (TPSA) is 135 Å². The number of hydrogen-bond donors (Lipinski definition) is 3. The van der Waals surface area contributed by atoms with Gasteiger partial charge in [-0.25, -0.2) is 19.3 Å². The number of anilines is 1. The highest BCUT2D eigenvalue weighted by atomic mass is 35.5. The van der Waals surface area contributed by atoms with E-state index >= 15 is 0 Å². The number of nitrogens with zero attached hydrogens (tertiary/aromatic N) is 1. The van der Waals surface area contributed by atoms with Gasteiger partial charge in [-0.2, -0.15) is 26.3 Å².